The van der Waals surface area contributed by atoms with Crippen molar-refractivity contribution in [1.82, 2.24) is 25.4 Å². The highest BCUT2D eigenvalue weighted by Gasteiger charge is 2.12. The van der Waals surface area contributed by atoms with E-state index >= 15 is 0 Å². The van der Waals surface area contributed by atoms with Crippen LogP contribution in [-0.4, -0.2) is 40.2 Å². The number of hydrogen-bond donors (Lipinski definition) is 1. The van der Waals surface area contributed by atoms with Crippen molar-refractivity contribution in [2.75, 3.05) is 14.2 Å². The third kappa shape index (κ3) is 3.15. The SMILES string of the molecule is COc1nc(CNC(=O)c2ccno2)nc(OC)n1. The fourth-order valence-corrected chi connectivity index (χ4v) is 1.22. The van der Waals surface area contributed by atoms with Gasteiger partial charge in [-0.25, -0.2) is 0 Å². The summed E-state index contributed by atoms with van der Waals surface area (Å²) in [6, 6.07) is 1.66. The summed E-state index contributed by atoms with van der Waals surface area (Å²) in [7, 11) is 2.84. The minimum absolute atomic E-state index is 0.0781. The molecule has 0 saturated heterocycles. The van der Waals surface area contributed by atoms with E-state index in [2.05, 4.69) is 25.4 Å². The molecule has 9 nitrogen and oxygen atoms in total. The summed E-state index contributed by atoms with van der Waals surface area (Å²) in [5.74, 6) is -0.0135. The number of aromatic nitrogens is 4. The molecule has 19 heavy (non-hydrogen) atoms. The molecule has 2 heterocycles. The van der Waals surface area contributed by atoms with Gasteiger partial charge in [-0.3, -0.25) is 4.79 Å². The van der Waals surface area contributed by atoms with Gasteiger partial charge in [-0.2, -0.15) is 9.97 Å². The maximum Gasteiger partial charge on any atom is 0.322 e. The molecule has 2 aromatic heterocycles. The van der Waals surface area contributed by atoms with Crippen LogP contribution in [-0.2, 0) is 6.54 Å². The van der Waals surface area contributed by atoms with Gasteiger partial charge < -0.3 is 19.3 Å². The van der Waals surface area contributed by atoms with E-state index in [-0.39, 0.29) is 24.3 Å². The molecular weight excluding hydrogens is 254 g/mol. The molecule has 0 aromatic carbocycles. The van der Waals surface area contributed by atoms with Crippen molar-refractivity contribution in [3.8, 4) is 12.0 Å². The van der Waals surface area contributed by atoms with E-state index in [1.807, 2.05) is 0 Å². The molecule has 9 heteroatoms. The van der Waals surface area contributed by atoms with Crippen LogP contribution in [0.1, 0.15) is 16.4 Å². The molecule has 0 aliphatic rings. The van der Waals surface area contributed by atoms with E-state index in [9.17, 15) is 4.79 Å². The number of nitrogens with one attached hydrogen (secondary N) is 1. The first-order chi connectivity index (χ1) is 9.22. The van der Waals surface area contributed by atoms with Crippen LogP contribution in [0.2, 0.25) is 0 Å². The quantitative estimate of drug-likeness (QED) is 0.791. The number of amides is 1. The first-order valence-corrected chi connectivity index (χ1v) is 5.24. The first kappa shape index (κ1) is 12.7. The van der Waals surface area contributed by atoms with Gasteiger partial charge in [-0.05, 0) is 0 Å². The predicted octanol–water partition coefficient (Wildman–Crippen LogP) is -0.193. The number of rotatable bonds is 5. The van der Waals surface area contributed by atoms with Crippen LogP contribution in [0.4, 0.5) is 0 Å². The summed E-state index contributed by atoms with van der Waals surface area (Å²) in [5, 5.41) is 6.00. The van der Waals surface area contributed by atoms with E-state index in [0.29, 0.717) is 5.82 Å². The minimum atomic E-state index is -0.421. The normalized spacial score (nSPS) is 10.0. The van der Waals surface area contributed by atoms with Crippen molar-refractivity contribution in [3.63, 3.8) is 0 Å². The molecule has 0 saturated carbocycles. The zero-order valence-corrected chi connectivity index (χ0v) is 10.3. The van der Waals surface area contributed by atoms with Gasteiger partial charge in [-0.15, -0.1) is 4.98 Å². The van der Waals surface area contributed by atoms with Gasteiger partial charge in [-0.1, -0.05) is 5.16 Å². The van der Waals surface area contributed by atoms with Gasteiger partial charge in [0.25, 0.3) is 5.91 Å². The zero-order chi connectivity index (χ0) is 13.7. The highest BCUT2D eigenvalue weighted by molar-refractivity contribution is 5.91. The average Bonchev–Trinajstić information content (AvgIpc) is 2.98. The van der Waals surface area contributed by atoms with Crippen LogP contribution in [0, 0.1) is 0 Å². The van der Waals surface area contributed by atoms with E-state index in [0.717, 1.165) is 0 Å². The van der Waals surface area contributed by atoms with Crippen LogP contribution in [0.3, 0.4) is 0 Å². The van der Waals surface area contributed by atoms with E-state index in [1.54, 1.807) is 0 Å². The lowest BCUT2D eigenvalue weighted by molar-refractivity contribution is 0.0912. The topological polar surface area (TPSA) is 112 Å². The molecule has 0 bridgehead atoms. The summed E-state index contributed by atoms with van der Waals surface area (Å²) >= 11 is 0. The molecule has 2 rings (SSSR count). The number of nitrogens with zero attached hydrogens (tertiary/aromatic N) is 4. The zero-order valence-electron chi connectivity index (χ0n) is 10.3. The molecule has 0 aliphatic carbocycles. The second-order valence-corrected chi connectivity index (χ2v) is 3.28. The second-order valence-electron chi connectivity index (χ2n) is 3.28. The lowest BCUT2D eigenvalue weighted by Gasteiger charge is -2.05. The van der Waals surface area contributed by atoms with E-state index < -0.39 is 5.91 Å². The Labute approximate surface area is 108 Å². The third-order valence-corrected chi connectivity index (χ3v) is 2.07. The Balaban J connectivity index is 2.04. The van der Waals surface area contributed by atoms with Crippen LogP contribution in [0.5, 0.6) is 12.0 Å². The van der Waals surface area contributed by atoms with Crippen molar-refractivity contribution in [3.05, 3.63) is 23.8 Å². The van der Waals surface area contributed by atoms with Crippen molar-refractivity contribution in [1.29, 1.82) is 0 Å². The molecule has 2 aromatic rings. The fraction of sp³-hybridized carbons (Fsp3) is 0.300. The number of carbonyl (C=O) groups excluding carboxylic acids is 1. The van der Waals surface area contributed by atoms with Crippen molar-refractivity contribution >= 4 is 5.91 Å². The summed E-state index contributed by atoms with van der Waals surface area (Å²) in [6.07, 6.45) is 1.38. The van der Waals surface area contributed by atoms with Gasteiger partial charge >= 0.3 is 12.0 Å². The van der Waals surface area contributed by atoms with Crippen LogP contribution < -0.4 is 14.8 Å². The van der Waals surface area contributed by atoms with E-state index in [4.69, 9.17) is 14.0 Å². The Morgan fingerprint density at radius 2 is 1.95 bits per heavy atom. The molecule has 0 spiro atoms. The molecule has 0 fully saturated rings. The number of ether oxygens (including phenoxy) is 2. The number of carbonyl (C=O) groups is 1. The van der Waals surface area contributed by atoms with E-state index in [1.165, 1.54) is 26.5 Å². The third-order valence-electron chi connectivity index (χ3n) is 2.07. The highest BCUT2D eigenvalue weighted by Crippen LogP contribution is 2.08. The summed E-state index contributed by atoms with van der Waals surface area (Å²) < 4.78 is 14.5. The average molecular weight is 265 g/mol. The lowest BCUT2D eigenvalue weighted by atomic mass is 10.4. The first-order valence-electron chi connectivity index (χ1n) is 5.24. The fourth-order valence-electron chi connectivity index (χ4n) is 1.22. The molecule has 100 valence electrons. The standard InChI is InChI=1S/C10H11N5O4/c1-17-9-13-7(14-10(15-9)18-2)5-11-8(16)6-3-4-12-19-6/h3-4H,5H2,1-2H3,(H,11,16). The smallest absolute Gasteiger partial charge is 0.322 e. The molecule has 0 aliphatic heterocycles. The Kier molecular flexibility index (Phi) is 3.86. The van der Waals surface area contributed by atoms with Crippen LogP contribution in [0.25, 0.3) is 0 Å². The molecule has 0 unspecified atom stereocenters. The largest absolute Gasteiger partial charge is 0.467 e. The van der Waals surface area contributed by atoms with Crippen LogP contribution in [0.15, 0.2) is 16.8 Å². The van der Waals surface area contributed by atoms with Gasteiger partial charge in [0.2, 0.25) is 5.76 Å². The Hall–Kier alpha value is -2.71. The molecular formula is C10H11N5O4. The molecule has 1 amide bonds. The monoisotopic (exact) mass is 265 g/mol. The highest BCUT2D eigenvalue weighted by atomic mass is 16.5. The van der Waals surface area contributed by atoms with Gasteiger partial charge in [0.15, 0.2) is 5.82 Å². The Morgan fingerprint density at radius 3 is 2.47 bits per heavy atom. The maximum atomic E-state index is 11.6. The molecule has 1 N–H and O–H groups in total. The number of hydrogen-bond acceptors (Lipinski definition) is 8. The van der Waals surface area contributed by atoms with Crippen molar-refractivity contribution < 1.29 is 18.8 Å². The molecule has 0 radical (unpaired) electrons. The number of methoxy groups -OCH3 is 2. The Morgan fingerprint density at radius 1 is 1.26 bits per heavy atom. The maximum absolute atomic E-state index is 11.6. The molecule has 0 atom stereocenters. The predicted molar refractivity (Wildman–Crippen MR) is 60.6 cm³/mol. The lowest BCUT2D eigenvalue weighted by Crippen LogP contribution is -2.23. The van der Waals surface area contributed by atoms with Gasteiger partial charge in [0.1, 0.15) is 0 Å². The van der Waals surface area contributed by atoms with Crippen molar-refractivity contribution in [2.45, 2.75) is 6.54 Å². The minimum Gasteiger partial charge on any atom is -0.467 e. The summed E-state index contributed by atoms with van der Waals surface area (Å²) in [6.45, 7) is 0.0781. The van der Waals surface area contributed by atoms with Gasteiger partial charge in [0, 0.05) is 6.07 Å². The van der Waals surface area contributed by atoms with Crippen LogP contribution >= 0.6 is 0 Å². The van der Waals surface area contributed by atoms with Crippen molar-refractivity contribution in [2.24, 2.45) is 0 Å². The Bertz CT molecular complexity index is 535. The summed E-state index contributed by atoms with van der Waals surface area (Å²) in [5.41, 5.74) is 0. The second kappa shape index (κ2) is 5.76. The van der Waals surface area contributed by atoms with Gasteiger partial charge in [0.05, 0.1) is 27.0 Å². The summed E-state index contributed by atoms with van der Waals surface area (Å²) in [4.78, 5) is 23.4.